The van der Waals surface area contributed by atoms with E-state index in [9.17, 15) is 0 Å². The van der Waals surface area contributed by atoms with E-state index in [1.54, 1.807) is 6.21 Å². The molecule has 1 aliphatic heterocycles. The Labute approximate surface area is 210 Å². The van der Waals surface area contributed by atoms with Crippen molar-refractivity contribution in [2.75, 3.05) is 43.2 Å². The van der Waals surface area contributed by atoms with Crippen molar-refractivity contribution in [3.63, 3.8) is 0 Å². The van der Waals surface area contributed by atoms with Crippen molar-refractivity contribution in [1.29, 1.82) is 0 Å². The second-order valence-electron chi connectivity index (χ2n) is 8.50. The van der Waals surface area contributed by atoms with Gasteiger partial charge in [0.05, 0.1) is 26.0 Å². The number of aromatic nitrogens is 5. The van der Waals surface area contributed by atoms with E-state index in [1.165, 1.54) is 0 Å². The number of nitrogens with one attached hydrogen (secondary N) is 1. The van der Waals surface area contributed by atoms with E-state index >= 15 is 0 Å². The van der Waals surface area contributed by atoms with Crippen LogP contribution in [0.3, 0.4) is 0 Å². The van der Waals surface area contributed by atoms with Crippen LogP contribution in [0.1, 0.15) is 23.9 Å². The molecular formula is C26H30N8O2. The Bertz CT molecular complexity index is 1350. The van der Waals surface area contributed by atoms with Crippen LogP contribution in [0.15, 0.2) is 53.8 Å². The largest absolute Gasteiger partial charge is 0.463 e. The molecule has 10 heteroatoms. The molecule has 1 fully saturated rings. The SMILES string of the molecule is CCc1cccc(CCOc2nc(N/N=C\c3cn(C)c4ccccc34)nc(N3CCOCC3)n2)n1. The minimum atomic E-state index is 0.251. The Morgan fingerprint density at radius 2 is 1.86 bits per heavy atom. The Balaban J connectivity index is 1.32. The van der Waals surface area contributed by atoms with Gasteiger partial charge < -0.3 is 18.9 Å². The molecule has 0 spiro atoms. The number of benzene rings is 1. The van der Waals surface area contributed by atoms with Gasteiger partial charge in [0, 0.05) is 60.6 Å². The summed E-state index contributed by atoms with van der Waals surface area (Å²) in [5, 5.41) is 5.52. The van der Waals surface area contributed by atoms with Gasteiger partial charge in [-0.1, -0.05) is 31.2 Å². The van der Waals surface area contributed by atoms with E-state index in [0.29, 0.717) is 51.2 Å². The molecule has 5 rings (SSSR count). The lowest BCUT2D eigenvalue weighted by Crippen LogP contribution is -2.37. The Hall–Kier alpha value is -4.05. The summed E-state index contributed by atoms with van der Waals surface area (Å²) in [6.45, 7) is 5.17. The van der Waals surface area contributed by atoms with E-state index in [1.807, 2.05) is 43.6 Å². The summed E-state index contributed by atoms with van der Waals surface area (Å²) in [6.07, 6.45) is 5.37. The third-order valence-electron chi connectivity index (χ3n) is 6.01. The number of morpholine rings is 1. The van der Waals surface area contributed by atoms with Crippen LogP contribution in [0.4, 0.5) is 11.9 Å². The number of hydrazone groups is 1. The average molecular weight is 487 g/mol. The zero-order valence-electron chi connectivity index (χ0n) is 20.6. The number of anilines is 2. The molecule has 10 nitrogen and oxygen atoms in total. The molecule has 0 radical (unpaired) electrons. The molecule has 186 valence electrons. The molecule has 1 aliphatic rings. The van der Waals surface area contributed by atoms with Gasteiger partial charge in [-0.05, 0) is 24.6 Å². The van der Waals surface area contributed by atoms with Gasteiger partial charge in [-0.2, -0.15) is 20.1 Å². The molecule has 4 aromatic rings. The zero-order valence-corrected chi connectivity index (χ0v) is 20.6. The number of ether oxygens (including phenoxy) is 2. The van der Waals surface area contributed by atoms with Gasteiger partial charge in [-0.25, -0.2) is 5.43 Å². The quantitative estimate of drug-likeness (QED) is 0.284. The summed E-state index contributed by atoms with van der Waals surface area (Å²) in [5.41, 5.74) is 7.15. The predicted molar refractivity (Wildman–Crippen MR) is 140 cm³/mol. The van der Waals surface area contributed by atoms with Crippen LogP contribution in [0, 0.1) is 0 Å². The first-order chi connectivity index (χ1) is 17.7. The van der Waals surface area contributed by atoms with Crippen LogP contribution < -0.4 is 15.1 Å². The summed E-state index contributed by atoms with van der Waals surface area (Å²) in [4.78, 5) is 20.2. The van der Waals surface area contributed by atoms with E-state index in [2.05, 4.69) is 59.0 Å². The Morgan fingerprint density at radius 1 is 1.03 bits per heavy atom. The fraction of sp³-hybridized carbons (Fsp3) is 0.346. The van der Waals surface area contributed by atoms with Crippen LogP contribution in [0.25, 0.3) is 10.9 Å². The fourth-order valence-corrected chi connectivity index (χ4v) is 4.11. The maximum atomic E-state index is 5.93. The molecule has 0 unspecified atom stereocenters. The number of rotatable bonds is 9. The summed E-state index contributed by atoms with van der Waals surface area (Å²) in [6, 6.07) is 14.5. The molecule has 0 saturated carbocycles. The summed E-state index contributed by atoms with van der Waals surface area (Å²) in [7, 11) is 2.02. The van der Waals surface area contributed by atoms with Gasteiger partial charge in [-0.15, -0.1) is 0 Å². The molecule has 1 saturated heterocycles. The number of para-hydroxylation sites is 1. The lowest BCUT2D eigenvalue weighted by atomic mass is 10.2. The van der Waals surface area contributed by atoms with Crippen molar-refractivity contribution in [3.8, 4) is 6.01 Å². The second-order valence-corrected chi connectivity index (χ2v) is 8.50. The number of aryl methyl sites for hydroxylation is 2. The highest BCUT2D eigenvalue weighted by atomic mass is 16.5. The highest BCUT2D eigenvalue weighted by Crippen LogP contribution is 2.19. The van der Waals surface area contributed by atoms with Gasteiger partial charge in [-0.3, -0.25) is 4.98 Å². The number of hydrogen-bond acceptors (Lipinski definition) is 9. The summed E-state index contributed by atoms with van der Waals surface area (Å²) >= 11 is 0. The van der Waals surface area contributed by atoms with E-state index in [-0.39, 0.29) is 6.01 Å². The van der Waals surface area contributed by atoms with E-state index in [4.69, 9.17) is 9.47 Å². The fourth-order valence-electron chi connectivity index (χ4n) is 4.11. The van der Waals surface area contributed by atoms with E-state index in [0.717, 1.165) is 34.3 Å². The van der Waals surface area contributed by atoms with Crippen molar-refractivity contribution in [2.24, 2.45) is 12.1 Å². The van der Waals surface area contributed by atoms with Crippen LogP contribution in [0.2, 0.25) is 0 Å². The molecule has 0 atom stereocenters. The maximum Gasteiger partial charge on any atom is 0.323 e. The average Bonchev–Trinajstić information content (AvgIpc) is 3.24. The monoisotopic (exact) mass is 486 g/mol. The smallest absolute Gasteiger partial charge is 0.323 e. The number of nitrogens with zero attached hydrogens (tertiary/aromatic N) is 7. The number of pyridine rings is 1. The summed E-state index contributed by atoms with van der Waals surface area (Å²) < 4.78 is 13.5. The standard InChI is InChI=1S/C26H30N8O2/c1-3-20-7-6-8-21(28-20)11-14-36-26-30-24(29-25(31-26)34-12-15-35-16-13-34)32-27-17-19-18-33(2)23-10-5-4-9-22(19)23/h4-10,17-18H,3,11-16H2,1-2H3,(H,29,30,31,32)/b27-17-. The van der Waals surface area contributed by atoms with Gasteiger partial charge >= 0.3 is 6.01 Å². The molecule has 0 bridgehead atoms. The van der Waals surface area contributed by atoms with E-state index < -0.39 is 0 Å². The Kier molecular flexibility index (Phi) is 7.32. The molecule has 36 heavy (non-hydrogen) atoms. The lowest BCUT2D eigenvalue weighted by molar-refractivity contribution is 0.122. The Morgan fingerprint density at radius 3 is 2.72 bits per heavy atom. The molecule has 0 aliphatic carbocycles. The zero-order chi connectivity index (χ0) is 24.7. The van der Waals surface area contributed by atoms with Crippen molar-refractivity contribution < 1.29 is 9.47 Å². The molecular weight excluding hydrogens is 456 g/mol. The maximum absolute atomic E-state index is 5.93. The highest BCUT2D eigenvalue weighted by Gasteiger charge is 2.17. The van der Waals surface area contributed by atoms with Crippen molar-refractivity contribution in [2.45, 2.75) is 19.8 Å². The van der Waals surface area contributed by atoms with Gasteiger partial charge in [0.15, 0.2) is 0 Å². The normalized spacial score (nSPS) is 14.0. The van der Waals surface area contributed by atoms with Crippen LogP contribution >= 0.6 is 0 Å². The topological polar surface area (TPSA) is 103 Å². The minimum absolute atomic E-state index is 0.251. The highest BCUT2D eigenvalue weighted by molar-refractivity contribution is 5.99. The number of hydrogen-bond donors (Lipinski definition) is 1. The van der Waals surface area contributed by atoms with Crippen molar-refractivity contribution >= 4 is 29.0 Å². The van der Waals surface area contributed by atoms with Crippen LogP contribution in [-0.2, 0) is 24.6 Å². The molecule has 4 heterocycles. The van der Waals surface area contributed by atoms with Gasteiger partial charge in [0.2, 0.25) is 5.95 Å². The first-order valence-electron chi connectivity index (χ1n) is 12.2. The van der Waals surface area contributed by atoms with Crippen LogP contribution in [0.5, 0.6) is 6.01 Å². The van der Waals surface area contributed by atoms with Gasteiger partial charge in [0.25, 0.3) is 5.95 Å². The van der Waals surface area contributed by atoms with Gasteiger partial charge in [0.1, 0.15) is 0 Å². The third kappa shape index (κ3) is 5.60. The first kappa shape index (κ1) is 23.7. The predicted octanol–water partition coefficient (Wildman–Crippen LogP) is 3.22. The molecule has 0 amide bonds. The number of fused-ring (bicyclic) bond motifs is 1. The second kappa shape index (κ2) is 11.1. The third-order valence-corrected chi connectivity index (χ3v) is 6.01. The van der Waals surface area contributed by atoms with Crippen molar-refractivity contribution in [1.82, 2.24) is 24.5 Å². The molecule has 1 N–H and O–H groups in total. The molecule has 3 aromatic heterocycles. The molecule has 1 aromatic carbocycles. The first-order valence-corrected chi connectivity index (χ1v) is 12.2. The van der Waals surface area contributed by atoms with Crippen LogP contribution in [-0.4, -0.2) is 63.6 Å². The summed E-state index contributed by atoms with van der Waals surface area (Å²) in [5.74, 6) is 0.862. The van der Waals surface area contributed by atoms with Crippen molar-refractivity contribution in [3.05, 3.63) is 65.6 Å². The minimum Gasteiger partial charge on any atom is -0.463 e. The lowest BCUT2D eigenvalue weighted by Gasteiger charge is -2.26.